The molecule has 0 saturated carbocycles. The van der Waals surface area contributed by atoms with Crippen LogP contribution in [-0.4, -0.2) is 78.2 Å². The molecule has 2 aromatic carbocycles. The minimum Gasteiger partial charge on any atom is -0.347 e. The molecule has 2 aliphatic heterocycles. The molecule has 5 rings (SSSR count). The molecule has 9 heteroatoms. The topological polar surface area (TPSA) is 111 Å². The predicted octanol–water partition coefficient (Wildman–Crippen LogP) is 2.36. The lowest BCUT2D eigenvalue weighted by Crippen LogP contribution is -2.62. The zero-order valence-electron chi connectivity index (χ0n) is 24.7. The van der Waals surface area contributed by atoms with Gasteiger partial charge in [-0.1, -0.05) is 61.5 Å². The molecule has 0 radical (unpaired) electrons. The Hall–Kier alpha value is -3.72. The molecule has 2 heterocycles. The van der Waals surface area contributed by atoms with Gasteiger partial charge in [0.15, 0.2) is 0 Å². The molecule has 2 aromatic rings. The van der Waals surface area contributed by atoms with E-state index < -0.39 is 12.1 Å². The fourth-order valence-electron chi connectivity index (χ4n) is 6.73. The van der Waals surface area contributed by atoms with Gasteiger partial charge in [-0.3, -0.25) is 19.2 Å². The summed E-state index contributed by atoms with van der Waals surface area (Å²) in [4.78, 5) is 57.9. The van der Waals surface area contributed by atoms with Gasteiger partial charge >= 0.3 is 0 Å². The highest BCUT2D eigenvalue weighted by atomic mass is 16.2. The first kappa shape index (κ1) is 29.8. The fraction of sp³-hybridized carbons (Fsp3) is 0.515. The number of benzene rings is 2. The Morgan fingerprint density at radius 2 is 1.69 bits per heavy atom. The highest BCUT2D eigenvalue weighted by molar-refractivity contribution is 5.94. The summed E-state index contributed by atoms with van der Waals surface area (Å²) in [6.45, 7) is 2.80. The third-order valence-electron chi connectivity index (χ3n) is 9.00. The molecule has 5 atom stereocenters. The van der Waals surface area contributed by atoms with E-state index in [0.29, 0.717) is 32.4 Å². The Morgan fingerprint density at radius 1 is 0.929 bits per heavy atom. The van der Waals surface area contributed by atoms with Crippen LogP contribution >= 0.6 is 0 Å². The summed E-state index contributed by atoms with van der Waals surface area (Å²) in [5.41, 5.74) is 3.32. The SMILES string of the molecule is CNC[C@@H](C)C(=O)N[C@H]1CN(C(=O)Cc2ccccc2)CC[C@H]2CC[C@@H](C(=O)N[C@@H]3CCCc4ccccc43)N2C1=O. The largest absolute Gasteiger partial charge is 0.347 e. The van der Waals surface area contributed by atoms with Crippen LogP contribution in [0.2, 0.25) is 0 Å². The smallest absolute Gasteiger partial charge is 0.247 e. The van der Waals surface area contributed by atoms with E-state index in [1.54, 1.807) is 23.8 Å². The van der Waals surface area contributed by atoms with Crippen molar-refractivity contribution in [3.05, 3.63) is 71.3 Å². The summed E-state index contributed by atoms with van der Waals surface area (Å²) >= 11 is 0. The van der Waals surface area contributed by atoms with Crippen LogP contribution in [0.4, 0.5) is 0 Å². The summed E-state index contributed by atoms with van der Waals surface area (Å²) in [6.07, 6.45) is 4.95. The van der Waals surface area contributed by atoms with Gasteiger partial charge in [0, 0.05) is 31.6 Å². The molecule has 9 nitrogen and oxygen atoms in total. The average molecular weight is 574 g/mol. The van der Waals surface area contributed by atoms with E-state index >= 15 is 0 Å². The molecule has 0 unspecified atom stereocenters. The Balaban J connectivity index is 1.35. The third-order valence-corrected chi connectivity index (χ3v) is 9.00. The van der Waals surface area contributed by atoms with E-state index in [9.17, 15) is 19.2 Å². The summed E-state index contributed by atoms with van der Waals surface area (Å²) < 4.78 is 0. The second kappa shape index (κ2) is 13.5. The van der Waals surface area contributed by atoms with Gasteiger partial charge in [0.1, 0.15) is 12.1 Å². The number of hydrogen-bond donors (Lipinski definition) is 3. The number of hydrogen-bond acceptors (Lipinski definition) is 5. The molecule has 3 N–H and O–H groups in total. The maximum absolute atomic E-state index is 14.2. The van der Waals surface area contributed by atoms with Crippen molar-refractivity contribution in [2.24, 2.45) is 5.92 Å². The van der Waals surface area contributed by atoms with E-state index in [4.69, 9.17) is 0 Å². The highest BCUT2D eigenvalue weighted by Crippen LogP contribution is 2.33. The molecule has 2 fully saturated rings. The van der Waals surface area contributed by atoms with E-state index in [2.05, 4.69) is 28.1 Å². The van der Waals surface area contributed by atoms with Crippen molar-refractivity contribution < 1.29 is 19.2 Å². The van der Waals surface area contributed by atoms with Crippen LogP contribution in [0.25, 0.3) is 0 Å². The molecule has 224 valence electrons. The second-order valence-electron chi connectivity index (χ2n) is 12.0. The lowest BCUT2D eigenvalue weighted by molar-refractivity contribution is -0.147. The van der Waals surface area contributed by atoms with E-state index in [1.165, 1.54) is 5.56 Å². The first-order valence-corrected chi connectivity index (χ1v) is 15.3. The lowest BCUT2D eigenvalue weighted by Gasteiger charge is -2.39. The van der Waals surface area contributed by atoms with Crippen LogP contribution in [-0.2, 0) is 32.0 Å². The quantitative estimate of drug-likeness (QED) is 0.449. The number of fused-ring (bicyclic) bond motifs is 2. The van der Waals surface area contributed by atoms with Gasteiger partial charge in [-0.2, -0.15) is 0 Å². The van der Waals surface area contributed by atoms with Crippen LogP contribution in [0, 0.1) is 5.92 Å². The van der Waals surface area contributed by atoms with Crippen molar-refractivity contribution in [2.75, 3.05) is 26.7 Å². The van der Waals surface area contributed by atoms with Crippen LogP contribution in [0.1, 0.15) is 61.8 Å². The Morgan fingerprint density at radius 3 is 2.48 bits per heavy atom. The van der Waals surface area contributed by atoms with Crippen LogP contribution < -0.4 is 16.0 Å². The summed E-state index contributed by atoms with van der Waals surface area (Å²) in [7, 11) is 1.78. The Bertz CT molecular complexity index is 1280. The first-order valence-electron chi connectivity index (χ1n) is 15.3. The minimum atomic E-state index is -0.928. The van der Waals surface area contributed by atoms with Gasteiger partial charge in [0.2, 0.25) is 23.6 Å². The summed E-state index contributed by atoms with van der Waals surface area (Å²) in [5, 5.41) is 9.20. The van der Waals surface area contributed by atoms with Gasteiger partial charge in [-0.25, -0.2) is 0 Å². The number of amides is 4. The highest BCUT2D eigenvalue weighted by Gasteiger charge is 2.46. The number of aryl methyl sites for hydroxylation is 1. The van der Waals surface area contributed by atoms with Crippen LogP contribution in [0.15, 0.2) is 54.6 Å². The van der Waals surface area contributed by atoms with Gasteiger partial charge in [-0.05, 0) is 62.3 Å². The van der Waals surface area contributed by atoms with Crippen molar-refractivity contribution in [2.45, 2.75) is 76.0 Å². The average Bonchev–Trinajstić information content (AvgIpc) is 3.42. The normalized spacial score (nSPS) is 24.6. The Labute approximate surface area is 248 Å². The Kier molecular flexibility index (Phi) is 9.57. The standard InChI is InChI=1S/C33H43N5O4/c1-22(20-34-2)31(40)36-28-21-37(30(39)19-23-9-4-3-5-10-23)18-17-25-15-16-29(38(25)33(28)42)32(41)35-27-14-8-12-24-11-6-7-13-26(24)27/h3-7,9-11,13,22,25,27-29,34H,8,12,14-21H2,1-2H3,(H,35,41)(H,36,40)/t22-,25-,27-,28+,29+/m1/s1. The first-order chi connectivity index (χ1) is 20.4. The minimum absolute atomic E-state index is 0.0737. The number of rotatable bonds is 8. The van der Waals surface area contributed by atoms with Crippen molar-refractivity contribution in [1.29, 1.82) is 0 Å². The maximum atomic E-state index is 14.2. The van der Waals surface area contributed by atoms with Crippen molar-refractivity contribution in [3.8, 4) is 0 Å². The van der Waals surface area contributed by atoms with E-state index in [-0.39, 0.29) is 54.6 Å². The number of nitrogens with zero attached hydrogens (tertiary/aromatic N) is 2. The lowest BCUT2D eigenvalue weighted by atomic mass is 9.87. The zero-order valence-corrected chi connectivity index (χ0v) is 24.7. The molecular weight excluding hydrogens is 530 g/mol. The molecule has 3 aliphatic rings. The third kappa shape index (κ3) is 6.67. The molecule has 0 bridgehead atoms. The molecule has 1 aliphatic carbocycles. The van der Waals surface area contributed by atoms with E-state index in [1.807, 2.05) is 42.5 Å². The number of carbonyl (C=O) groups is 4. The molecule has 42 heavy (non-hydrogen) atoms. The van der Waals surface area contributed by atoms with Gasteiger partial charge in [0.05, 0.1) is 12.5 Å². The summed E-state index contributed by atoms with van der Waals surface area (Å²) in [5.74, 6) is -1.12. The number of carbonyl (C=O) groups excluding carboxylic acids is 4. The van der Waals surface area contributed by atoms with Crippen molar-refractivity contribution in [3.63, 3.8) is 0 Å². The monoisotopic (exact) mass is 573 g/mol. The molecule has 0 spiro atoms. The van der Waals surface area contributed by atoms with Crippen LogP contribution in [0.3, 0.4) is 0 Å². The maximum Gasteiger partial charge on any atom is 0.247 e. The van der Waals surface area contributed by atoms with Gasteiger partial charge in [0.25, 0.3) is 0 Å². The van der Waals surface area contributed by atoms with Crippen molar-refractivity contribution >= 4 is 23.6 Å². The summed E-state index contributed by atoms with van der Waals surface area (Å²) in [6, 6.07) is 16.0. The van der Waals surface area contributed by atoms with Crippen molar-refractivity contribution in [1.82, 2.24) is 25.8 Å². The molecule has 0 aromatic heterocycles. The van der Waals surface area contributed by atoms with Gasteiger partial charge < -0.3 is 25.8 Å². The van der Waals surface area contributed by atoms with Gasteiger partial charge in [-0.15, -0.1) is 0 Å². The predicted molar refractivity (Wildman–Crippen MR) is 160 cm³/mol. The zero-order chi connectivity index (χ0) is 29.6. The van der Waals surface area contributed by atoms with E-state index in [0.717, 1.165) is 30.4 Å². The molecule has 4 amide bonds. The molecule has 2 saturated heterocycles. The second-order valence-corrected chi connectivity index (χ2v) is 12.0. The fourth-order valence-corrected chi connectivity index (χ4v) is 6.73. The van der Waals surface area contributed by atoms with Crippen LogP contribution in [0.5, 0.6) is 0 Å². The number of nitrogens with one attached hydrogen (secondary N) is 3. The molecular formula is C33H43N5O4.